The first-order chi connectivity index (χ1) is 15.1. The number of carbonyl (C=O) groups is 1. The molecule has 0 fully saturated rings. The molecule has 0 bridgehead atoms. The van der Waals surface area contributed by atoms with Gasteiger partial charge in [0.2, 0.25) is 5.95 Å². The zero-order valence-corrected chi connectivity index (χ0v) is 18.6. The molecule has 3 aromatic heterocycles. The Labute approximate surface area is 188 Å². The number of nitrogens with zero attached hydrogens (tertiary/aromatic N) is 6. The molecule has 8 nitrogen and oxygen atoms in total. The third-order valence-corrected chi connectivity index (χ3v) is 6.08. The molecule has 1 aromatic carbocycles. The molecule has 3 heterocycles. The van der Waals surface area contributed by atoms with Gasteiger partial charge in [-0.05, 0) is 37.6 Å². The summed E-state index contributed by atoms with van der Waals surface area (Å²) in [4.78, 5) is 17.2. The number of pyridine rings is 1. The molecular weight excluding hydrogens is 434 g/mol. The predicted octanol–water partition coefficient (Wildman–Crippen LogP) is 4.39. The fraction of sp³-hybridized carbons (Fsp3) is 0.190. The Kier molecular flexibility index (Phi) is 6.34. The van der Waals surface area contributed by atoms with E-state index in [2.05, 4.69) is 25.6 Å². The molecule has 1 N–H and O–H groups in total. The number of rotatable bonds is 7. The van der Waals surface area contributed by atoms with Crippen molar-refractivity contribution in [2.45, 2.75) is 31.3 Å². The summed E-state index contributed by atoms with van der Waals surface area (Å²) in [6.07, 6.45) is 3.21. The summed E-state index contributed by atoms with van der Waals surface area (Å²) in [5.41, 5.74) is 2.15. The van der Waals surface area contributed by atoms with Crippen LogP contribution in [0.25, 0.3) is 5.82 Å². The Balaban J connectivity index is 1.50. The van der Waals surface area contributed by atoms with Crippen molar-refractivity contribution in [2.24, 2.45) is 0 Å². The maximum atomic E-state index is 12.9. The molecule has 0 aliphatic rings. The highest BCUT2D eigenvalue weighted by Crippen LogP contribution is 2.27. The zero-order valence-electron chi connectivity index (χ0n) is 17.0. The van der Waals surface area contributed by atoms with E-state index in [1.54, 1.807) is 10.9 Å². The lowest BCUT2D eigenvalue weighted by Gasteiger charge is -2.09. The van der Waals surface area contributed by atoms with E-state index in [1.165, 1.54) is 18.0 Å². The molecule has 0 radical (unpaired) electrons. The molecule has 0 aliphatic carbocycles. The highest BCUT2D eigenvalue weighted by Gasteiger charge is 2.19. The van der Waals surface area contributed by atoms with E-state index in [0.717, 1.165) is 5.56 Å². The fourth-order valence-corrected chi connectivity index (χ4v) is 4.33. The van der Waals surface area contributed by atoms with Crippen LogP contribution in [0, 0.1) is 6.92 Å². The van der Waals surface area contributed by atoms with Crippen molar-refractivity contribution in [3.63, 3.8) is 0 Å². The average Bonchev–Trinajstić information content (AvgIpc) is 3.36. The lowest BCUT2D eigenvalue weighted by atomic mass is 10.2. The quantitative estimate of drug-likeness (QED) is 0.417. The minimum absolute atomic E-state index is 0.301. The molecule has 0 aliphatic heterocycles. The van der Waals surface area contributed by atoms with Crippen LogP contribution in [-0.4, -0.2) is 35.4 Å². The second-order valence-corrected chi connectivity index (χ2v) is 7.98. The topological polar surface area (TPSA) is 90.5 Å². The lowest BCUT2D eigenvalue weighted by molar-refractivity contribution is 0.102. The SMILES string of the molecule is CCn1c(NC(=O)c2cnn(-c3ccccn3)c2C)nnc1SCc1ccccc1Cl. The number of anilines is 1. The van der Waals surface area contributed by atoms with Gasteiger partial charge in [-0.3, -0.25) is 14.7 Å². The van der Waals surface area contributed by atoms with Gasteiger partial charge in [0.25, 0.3) is 5.91 Å². The minimum atomic E-state index is -0.301. The molecular formula is C21H20ClN7OS. The Bertz CT molecular complexity index is 1210. The van der Waals surface area contributed by atoms with E-state index in [0.29, 0.717) is 45.5 Å². The molecule has 0 saturated heterocycles. The number of benzene rings is 1. The van der Waals surface area contributed by atoms with Gasteiger partial charge in [0.05, 0.1) is 17.5 Å². The second-order valence-electron chi connectivity index (χ2n) is 6.63. The van der Waals surface area contributed by atoms with Gasteiger partial charge in [0, 0.05) is 23.5 Å². The van der Waals surface area contributed by atoms with Crippen molar-refractivity contribution in [3.05, 3.63) is 76.7 Å². The van der Waals surface area contributed by atoms with Crippen LogP contribution in [0.1, 0.15) is 28.5 Å². The molecule has 1 amide bonds. The van der Waals surface area contributed by atoms with E-state index < -0.39 is 0 Å². The summed E-state index contributed by atoms with van der Waals surface area (Å²) >= 11 is 7.76. The molecule has 158 valence electrons. The van der Waals surface area contributed by atoms with Crippen LogP contribution in [-0.2, 0) is 12.3 Å². The van der Waals surface area contributed by atoms with E-state index in [-0.39, 0.29) is 5.91 Å². The average molecular weight is 454 g/mol. The van der Waals surface area contributed by atoms with E-state index in [4.69, 9.17) is 11.6 Å². The van der Waals surface area contributed by atoms with Gasteiger partial charge in [-0.25, -0.2) is 9.67 Å². The summed E-state index contributed by atoms with van der Waals surface area (Å²) in [7, 11) is 0. The minimum Gasteiger partial charge on any atom is -0.290 e. The molecule has 0 saturated carbocycles. The summed E-state index contributed by atoms with van der Waals surface area (Å²) < 4.78 is 3.49. The molecule has 10 heteroatoms. The highest BCUT2D eigenvalue weighted by atomic mass is 35.5. The molecule has 4 aromatic rings. The first kappa shape index (κ1) is 21.1. The largest absolute Gasteiger partial charge is 0.290 e. The van der Waals surface area contributed by atoms with Crippen molar-refractivity contribution >= 4 is 35.2 Å². The number of thioether (sulfide) groups is 1. The molecule has 4 rings (SSSR count). The molecule has 0 unspecified atom stereocenters. The number of halogens is 1. The number of hydrogen-bond donors (Lipinski definition) is 1. The third-order valence-electron chi connectivity index (χ3n) is 4.69. The van der Waals surface area contributed by atoms with Crippen LogP contribution >= 0.6 is 23.4 Å². The van der Waals surface area contributed by atoms with Crippen molar-refractivity contribution in [2.75, 3.05) is 5.32 Å². The molecule has 31 heavy (non-hydrogen) atoms. The van der Waals surface area contributed by atoms with Gasteiger partial charge in [-0.15, -0.1) is 10.2 Å². The van der Waals surface area contributed by atoms with Crippen molar-refractivity contribution in [1.29, 1.82) is 0 Å². The second kappa shape index (κ2) is 9.32. The number of nitrogens with one attached hydrogen (secondary N) is 1. The van der Waals surface area contributed by atoms with Gasteiger partial charge in [-0.2, -0.15) is 5.10 Å². The normalized spacial score (nSPS) is 10.9. The van der Waals surface area contributed by atoms with Crippen LogP contribution in [0.15, 0.2) is 60.0 Å². The van der Waals surface area contributed by atoms with Gasteiger partial charge in [-0.1, -0.05) is 47.6 Å². The Hall–Kier alpha value is -3.17. The summed E-state index contributed by atoms with van der Waals surface area (Å²) in [6, 6.07) is 13.2. The van der Waals surface area contributed by atoms with Gasteiger partial charge in [0.1, 0.15) is 0 Å². The van der Waals surface area contributed by atoms with Gasteiger partial charge in [0.15, 0.2) is 11.0 Å². The number of aromatic nitrogens is 6. The number of carbonyl (C=O) groups excluding carboxylic acids is 1. The first-order valence-electron chi connectivity index (χ1n) is 9.65. The summed E-state index contributed by atoms with van der Waals surface area (Å²) in [5, 5.41) is 17.0. The maximum Gasteiger partial charge on any atom is 0.261 e. The van der Waals surface area contributed by atoms with Crippen molar-refractivity contribution in [3.8, 4) is 5.82 Å². The van der Waals surface area contributed by atoms with Crippen LogP contribution in [0.3, 0.4) is 0 Å². The van der Waals surface area contributed by atoms with E-state index >= 15 is 0 Å². The lowest BCUT2D eigenvalue weighted by Crippen LogP contribution is -2.17. The van der Waals surface area contributed by atoms with Crippen molar-refractivity contribution in [1.82, 2.24) is 29.5 Å². The Morgan fingerprint density at radius 1 is 1.16 bits per heavy atom. The first-order valence-corrected chi connectivity index (χ1v) is 11.0. The van der Waals surface area contributed by atoms with Gasteiger partial charge >= 0.3 is 0 Å². The maximum absolute atomic E-state index is 12.9. The Morgan fingerprint density at radius 2 is 1.97 bits per heavy atom. The number of hydrogen-bond acceptors (Lipinski definition) is 6. The molecule has 0 spiro atoms. The summed E-state index contributed by atoms with van der Waals surface area (Å²) in [5.74, 6) is 1.39. The standard InChI is InChI=1S/C21H20ClN7OS/c1-3-28-20(26-27-21(28)31-13-15-8-4-5-9-17(15)22)25-19(30)16-12-24-29(14(16)2)18-10-6-7-11-23-18/h4-12H,3,13H2,1-2H3,(H,25,26,30). The molecule has 0 atom stereocenters. The van der Waals surface area contributed by atoms with Crippen LogP contribution in [0.4, 0.5) is 5.95 Å². The fourth-order valence-electron chi connectivity index (χ4n) is 3.04. The zero-order chi connectivity index (χ0) is 21.8. The number of amides is 1. The van der Waals surface area contributed by atoms with Crippen LogP contribution in [0.5, 0.6) is 0 Å². The van der Waals surface area contributed by atoms with E-state index in [9.17, 15) is 4.79 Å². The Morgan fingerprint density at radius 3 is 2.71 bits per heavy atom. The monoisotopic (exact) mass is 453 g/mol. The smallest absolute Gasteiger partial charge is 0.261 e. The van der Waals surface area contributed by atoms with Crippen LogP contribution in [0.2, 0.25) is 5.02 Å². The highest BCUT2D eigenvalue weighted by molar-refractivity contribution is 7.98. The third kappa shape index (κ3) is 4.47. The summed E-state index contributed by atoms with van der Waals surface area (Å²) in [6.45, 7) is 4.41. The van der Waals surface area contributed by atoms with E-state index in [1.807, 2.05) is 60.9 Å². The van der Waals surface area contributed by atoms with Crippen molar-refractivity contribution < 1.29 is 4.79 Å². The van der Waals surface area contributed by atoms with Crippen LogP contribution < -0.4 is 5.32 Å². The van der Waals surface area contributed by atoms with Gasteiger partial charge < -0.3 is 0 Å². The predicted molar refractivity (Wildman–Crippen MR) is 121 cm³/mol.